The van der Waals surface area contributed by atoms with Gasteiger partial charge in [0, 0.05) is 0 Å². The highest BCUT2D eigenvalue weighted by Gasteiger charge is 1.91. The van der Waals surface area contributed by atoms with Gasteiger partial charge in [0.1, 0.15) is 5.78 Å². The van der Waals surface area contributed by atoms with Crippen molar-refractivity contribution in [3.63, 3.8) is 0 Å². The average molecular weight is 135 g/mol. The average Bonchev–Trinajstić information content (AvgIpc) is 1.83. The van der Waals surface area contributed by atoms with Gasteiger partial charge in [-0.05, 0) is 16.1 Å². The number of Topliss-reactive ketones (excluding diaryl/α,β-unsaturated/α-hetero) is 1. The number of hydrogen-bond acceptors (Lipinski definition) is 2. The lowest BCUT2D eigenvalue weighted by atomic mass is 10.5. The van der Waals surface area contributed by atoms with E-state index in [4.69, 9.17) is 1.28 Å². The Kier molecular flexibility index (Phi) is 2.54. The molecule has 0 aromatic rings. The maximum atomic E-state index is 10.3. The molecule has 0 aromatic heterocycles. The summed E-state index contributed by atoms with van der Waals surface area (Å²) in [5, 5.41) is 2.27. The molecule has 0 fully saturated rings. The van der Waals surface area contributed by atoms with Crippen LogP contribution in [0.2, 0.25) is 0 Å². The van der Waals surface area contributed by atoms with E-state index in [0.29, 0.717) is 0 Å². The second kappa shape index (κ2) is 3.56. The molecule has 1 N–H and O–H groups in total. The summed E-state index contributed by atoms with van der Waals surface area (Å²) in [7, 11) is -0.521. The highest BCUT2D eigenvalue weighted by atomic mass is 31.0. The number of hydrogen-bond donors (Lipinski definition) is 1. The Balaban J connectivity index is 3.28. The zero-order valence-electron chi connectivity index (χ0n) is 5.52. The lowest BCUT2D eigenvalue weighted by Gasteiger charge is -1.93. The highest BCUT2D eigenvalue weighted by molar-refractivity contribution is 7.39. The Labute approximate surface area is 51.3 Å². The van der Waals surface area contributed by atoms with E-state index in [1.807, 2.05) is 0 Å². The summed E-state index contributed by atoms with van der Waals surface area (Å²) < 4.78 is 6.56. The van der Waals surface area contributed by atoms with E-state index in [9.17, 15) is 9.59 Å². The molecule has 46 valence electrons. The molecule has 0 heterocycles. The standard InChI is InChI=1S/C4H8NO2P/c1-3(6)2-5-4(7)8/h2,8H2,1H3,(H,5,7)/i8T. The normalized spacial score (nSPS) is 11.4. The molecule has 0 spiro atoms. The van der Waals surface area contributed by atoms with Gasteiger partial charge in [-0.3, -0.25) is 9.59 Å². The lowest BCUT2D eigenvalue weighted by molar-refractivity contribution is -0.116. The summed E-state index contributed by atoms with van der Waals surface area (Å²) in [5.74, 6) is -0.0957. The van der Waals surface area contributed by atoms with E-state index in [1.165, 1.54) is 6.92 Å². The number of nitrogens with one attached hydrogen (secondary N) is 1. The van der Waals surface area contributed by atoms with Gasteiger partial charge in [-0.1, -0.05) is 0 Å². The molecular formula is C4H8NO2P. The largest absolute Gasteiger partial charge is 0.346 e. The number of rotatable bonds is 3. The van der Waals surface area contributed by atoms with Gasteiger partial charge < -0.3 is 5.32 Å². The predicted octanol–water partition coefficient (Wildman–Crippen LogP) is 0.160. The van der Waals surface area contributed by atoms with Crippen molar-refractivity contribution in [2.75, 3.05) is 6.54 Å². The molecular weight excluding hydrogens is 125 g/mol. The molecule has 0 aliphatic heterocycles. The first-order valence-electron chi connectivity index (χ1n) is 2.62. The predicted molar refractivity (Wildman–Crippen MR) is 33.8 cm³/mol. The van der Waals surface area contributed by atoms with Crippen molar-refractivity contribution >= 4 is 20.6 Å². The maximum Gasteiger partial charge on any atom is 0.235 e. The van der Waals surface area contributed by atoms with Crippen LogP contribution in [0, 0.1) is 0 Å². The van der Waals surface area contributed by atoms with Gasteiger partial charge >= 0.3 is 0 Å². The van der Waals surface area contributed by atoms with Crippen molar-refractivity contribution in [3.05, 3.63) is 0 Å². The number of carbonyl (C=O) groups is 2. The second-order valence-electron chi connectivity index (χ2n) is 1.38. The molecule has 0 bridgehead atoms. The van der Waals surface area contributed by atoms with Crippen molar-refractivity contribution in [2.45, 2.75) is 6.92 Å². The zero-order valence-corrected chi connectivity index (χ0v) is 5.52. The van der Waals surface area contributed by atoms with Gasteiger partial charge in [0.15, 0.2) is 0 Å². The van der Waals surface area contributed by atoms with Crippen LogP contribution >= 0.6 is 9.18 Å². The summed E-state index contributed by atoms with van der Waals surface area (Å²) in [6, 6.07) is 0. The fourth-order valence-electron chi connectivity index (χ4n) is 0.205. The van der Waals surface area contributed by atoms with Crippen molar-refractivity contribution < 1.29 is 9.59 Å². The topological polar surface area (TPSA) is 46.2 Å². The van der Waals surface area contributed by atoms with Gasteiger partial charge in [-0.2, -0.15) is 0 Å². The van der Waals surface area contributed by atoms with Gasteiger partial charge in [0.25, 0.3) is 0 Å². The van der Waals surface area contributed by atoms with E-state index < -0.39 is 9.18 Å². The Morgan fingerprint density at radius 2 is 2.50 bits per heavy atom. The van der Waals surface area contributed by atoms with Gasteiger partial charge in [-0.15, -0.1) is 0 Å². The molecule has 4 heteroatoms. The zero-order chi connectivity index (χ0) is 7.28. The third kappa shape index (κ3) is 5.57. The van der Waals surface area contributed by atoms with Crippen LogP contribution in [0.4, 0.5) is 4.79 Å². The molecule has 8 heavy (non-hydrogen) atoms. The van der Waals surface area contributed by atoms with Crippen molar-refractivity contribution in [1.29, 1.82) is 1.28 Å². The summed E-state index contributed by atoms with van der Waals surface area (Å²) in [6.45, 7) is 1.43. The molecule has 0 radical (unpaired) electrons. The number of carbonyl (C=O) groups excluding carboxylic acids is 2. The SMILES string of the molecule is [3H]PC(=O)NCC(C)=O. The Morgan fingerprint density at radius 1 is 1.88 bits per heavy atom. The van der Waals surface area contributed by atoms with Crippen LogP contribution in [0.1, 0.15) is 6.92 Å². The molecule has 1 unspecified atom stereocenters. The first kappa shape index (κ1) is 5.70. The third-order valence-electron chi connectivity index (χ3n) is 0.498. The first-order chi connectivity index (χ1) is 4.16. The monoisotopic (exact) mass is 135 g/mol. The third-order valence-corrected chi connectivity index (χ3v) is 0.675. The van der Waals surface area contributed by atoms with Crippen molar-refractivity contribution in [3.8, 4) is 0 Å². The highest BCUT2D eigenvalue weighted by Crippen LogP contribution is 1.79. The lowest BCUT2D eigenvalue weighted by Crippen LogP contribution is -2.22. The smallest absolute Gasteiger partial charge is 0.235 e. The van der Waals surface area contributed by atoms with Crippen LogP contribution in [0.15, 0.2) is 0 Å². The van der Waals surface area contributed by atoms with E-state index in [1.54, 1.807) is 0 Å². The molecule has 0 aliphatic rings. The molecule has 0 rings (SSSR count). The molecule has 0 saturated heterocycles. The second-order valence-corrected chi connectivity index (χ2v) is 1.84. The van der Waals surface area contributed by atoms with Crippen molar-refractivity contribution in [2.24, 2.45) is 0 Å². The van der Waals surface area contributed by atoms with Crippen LogP contribution < -0.4 is 5.32 Å². The van der Waals surface area contributed by atoms with E-state index >= 15 is 0 Å². The first-order valence-corrected chi connectivity index (χ1v) is 2.62. The van der Waals surface area contributed by atoms with Crippen LogP contribution in [-0.4, -0.2) is 19.3 Å². The van der Waals surface area contributed by atoms with Gasteiger partial charge in [-0.25, -0.2) is 0 Å². The number of amides is 1. The minimum atomic E-state index is -0.521. The Bertz CT molecular complexity index is 128. The van der Waals surface area contributed by atoms with Crippen LogP contribution in [0.3, 0.4) is 0 Å². The van der Waals surface area contributed by atoms with Gasteiger partial charge in [0.05, 0.1) is 7.82 Å². The molecule has 1 atom stereocenters. The van der Waals surface area contributed by atoms with Crippen LogP contribution in [-0.2, 0) is 4.79 Å². The minimum absolute atomic E-state index is 0.0463. The fourth-order valence-corrected chi connectivity index (χ4v) is 0.293. The molecule has 0 saturated carbocycles. The van der Waals surface area contributed by atoms with Crippen molar-refractivity contribution in [1.82, 2.24) is 5.32 Å². The molecule has 0 aromatic carbocycles. The molecule has 1 amide bonds. The summed E-state index contributed by atoms with van der Waals surface area (Å²) >= 11 is 0. The maximum absolute atomic E-state index is 10.3. The molecule has 3 nitrogen and oxygen atoms in total. The fraction of sp³-hybridized carbons (Fsp3) is 0.500. The van der Waals surface area contributed by atoms with Crippen LogP contribution in [0.5, 0.6) is 0 Å². The summed E-state index contributed by atoms with van der Waals surface area (Å²) in [5.41, 5.74) is -0.384. The van der Waals surface area contributed by atoms with E-state index in [2.05, 4.69) is 5.32 Å². The summed E-state index contributed by atoms with van der Waals surface area (Å²) in [6.07, 6.45) is 0. The Hall–Kier alpha value is -0.430. The van der Waals surface area contributed by atoms with E-state index in [-0.39, 0.29) is 18.0 Å². The number of ketones is 1. The summed E-state index contributed by atoms with van der Waals surface area (Å²) in [4.78, 5) is 20.5. The Morgan fingerprint density at radius 3 is 2.88 bits per heavy atom. The van der Waals surface area contributed by atoms with E-state index in [0.717, 1.165) is 0 Å². The van der Waals surface area contributed by atoms with Crippen LogP contribution in [0.25, 0.3) is 0 Å². The minimum Gasteiger partial charge on any atom is -0.346 e. The molecule has 0 aliphatic carbocycles. The van der Waals surface area contributed by atoms with Gasteiger partial charge in [0.2, 0.25) is 5.65 Å². The quantitative estimate of drug-likeness (QED) is 0.560.